The van der Waals surface area contributed by atoms with Gasteiger partial charge in [-0.15, -0.1) is 0 Å². The largest absolute Gasteiger partial charge is 0.312 e. The topological polar surface area (TPSA) is 15.3 Å². The summed E-state index contributed by atoms with van der Waals surface area (Å²) in [4.78, 5) is 2.54. The lowest BCUT2D eigenvalue weighted by Crippen LogP contribution is -2.41. The molecule has 2 rings (SSSR count). The summed E-state index contributed by atoms with van der Waals surface area (Å²) >= 11 is 0. The second-order valence-corrected chi connectivity index (χ2v) is 6.51. The molecule has 0 saturated heterocycles. The van der Waals surface area contributed by atoms with Gasteiger partial charge in [0.2, 0.25) is 0 Å². The van der Waals surface area contributed by atoms with Crippen LogP contribution in [0.15, 0.2) is 24.3 Å². The van der Waals surface area contributed by atoms with E-state index in [9.17, 15) is 0 Å². The molecule has 0 aliphatic heterocycles. The summed E-state index contributed by atoms with van der Waals surface area (Å²) in [7, 11) is 4.35. The van der Waals surface area contributed by atoms with Crippen molar-refractivity contribution in [2.45, 2.75) is 51.6 Å². The minimum absolute atomic E-state index is 0.405. The van der Waals surface area contributed by atoms with Crippen molar-refractivity contribution in [1.29, 1.82) is 0 Å². The Morgan fingerprint density at radius 3 is 2.35 bits per heavy atom. The molecule has 20 heavy (non-hydrogen) atoms. The third-order valence-electron chi connectivity index (χ3n) is 4.95. The van der Waals surface area contributed by atoms with Crippen LogP contribution in [0.2, 0.25) is 0 Å². The molecule has 2 nitrogen and oxygen atoms in total. The first kappa shape index (κ1) is 15.5. The third kappa shape index (κ3) is 3.83. The van der Waals surface area contributed by atoms with E-state index in [1.54, 1.807) is 0 Å². The number of nitrogens with zero attached hydrogens (tertiary/aromatic N) is 1. The van der Waals surface area contributed by atoms with Crippen molar-refractivity contribution in [3.63, 3.8) is 0 Å². The standard InChI is InChI=1S/C18H30N2/c1-14-9-11-17(12-10-14)18(19-3)15(2)20(4)13-16-7-5-6-8-16/h9-12,15-16,18-19H,5-8,13H2,1-4H3. The van der Waals surface area contributed by atoms with Crippen LogP contribution in [0.4, 0.5) is 0 Å². The lowest BCUT2D eigenvalue weighted by molar-refractivity contribution is 0.183. The van der Waals surface area contributed by atoms with Crippen LogP contribution in [0.1, 0.15) is 49.8 Å². The molecule has 1 aromatic rings. The van der Waals surface area contributed by atoms with E-state index in [0.29, 0.717) is 12.1 Å². The maximum absolute atomic E-state index is 3.50. The van der Waals surface area contributed by atoms with Gasteiger partial charge in [-0.05, 0) is 52.3 Å². The molecule has 0 bridgehead atoms. The molecule has 1 fully saturated rings. The third-order valence-corrected chi connectivity index (χ3v) is 4.95. The molecule has 0 radical (unpaired) electrons. The number of likely N-dealkylation sites (N-methyl/N-ethyl adjacent to an activating group) is 2. The van der Waals surface area contributed by atoms with Gasteiger partial charge in [-0.1, -0.05) is 42.7 Å². The SMILES string of the molecule is CNC(c1ccc(C)cc1)C(C)N(C)CC1CCCC1. The Hall–Kier alpha value is -0.860. The van der Waals surface area contributed by atoms with Crippen LogP contribution in [0, 0.1) is 12.8 Å². The Morgan fingerprint density at radius 1 is 1.20 bits per heavy atom. The molecular weight excluding hydrogens is 244 g/mol. The monoisotopic (exact) mass is 274 g/mol. The fourth-order valence-corrected chi connectivity index (χ4v) is 3.48. The van der Waals surface area contributed by atoms with Crippen molar-refractivity contribution in [1.82, 2.24) is 10.2 Å². The van der Waals surface area contributed by atoms with Gasteiger partial charge in [0, 0.05) is 18.6 Å². The van der Waals surface area contributed by atoms with Crippen LogP contribution in [0.3, 0.4) is 0 Å². The average Bonchev–Trinajstić information content (AvgIpc) is 2.94. The van der Waals surface area contributed by atoms with Crippen molar-refractivity contribution < 1.29 is 0 Å². The van der Waals surface area contributed by atoms with E-state index in [2.05, 4.69) is 62.4 Å². The Kier molecular flexibility index (Phi) is 5.62. The molecule has 2 atom stereocenters. The van der Waals surface area contributed by atoms with Crippen LogP contribution in [-0.4, -0.2) is 31.6 Å². The molecule has 0 heterocycles. The minimum Gasteiger partial charge on any atom is -0.312 e. The second-order valence-electron chi connectivity index (χ2n) is 6.51. The highest BCUT2D eigenvalue weighted by atomic mass is 15.2. The van der Waals surface area contributed by atoms with Crippen molar-refractivity contribution in [2.75, 3.05) is 20.6 Å². The Balaban J connectivity index is 1.99. The van der Waals surface area contributed by atoms with E-state index in [0.717, 1.165) is 5.92 Å². The van der Waals surface area contributed by atoms with Gasteiger partial charge in [-0.2, -0.15) is 0 Å². The maximum atomic E-state index is 3.50. The summed E-state index contributed by atoms with van der Waals surface area (Å²) < 4.78 is 0. The molecule has 112 valence electrons. The lowest BCUT2D eigenvalue weighted by atomic mass is 9.97. The van der Waals surface area contributed by atoms with Crippen LogP contribution in [0.25, 0.3) is 0 Å². The van der Waals surface area contributed by atoms with Gasteiger partial charge in [0.1, 0.15) is 0 Å². The molecule has 2 heteroatoms. The quantitative estimate of drug-likeness (QED) is 0.849. The lowest BCUT2D eigenvalue weighted by Gasteiger charge is -2.33. The number of aryl methyl sites for hydroxylation is 1. The molecule has 0 aromatic heterocycles. The van der Waals surface area contributed by atoms with Crippen LogP contribution < -0.4 is 5.32 Å². The van der Waals surface area contributed by atoms with E-state index in [4.69, 9.17) is 0 Å². The molecular formula is C18H30N2. The predicted molar refractivity (Wildman–Crippen MR) is 87.0 cm³/mol. The van der Waals surface area contributed by atoms with Crippen molar-refractivity contribution in [2.24, 2.45) is 5.92 Å². The number of hydrogen-bond acceptors (Lipinski definition) is 2. The van der Waals surface area contributed by atoms with Gasteiger partial charge in [-0.3, -0.25) is 0 Å². The first-order valence-corrected chi connectivity index (χ1v) is 8.06. The van der Waals surface area contributed by atoms with Gasteiger partial charge < -0.3 is 10.2 Å². The molecule has 1 N–H and O–H groups in total. The normalized spacial score (nSPS) is 19.4. The molecule has 1 saturated carbocycles. The number of rotatable bonds is 6. The summed E-state index contributed by atoms with van der Waals surface area (Å²) in [5.74, 6) is 0.915. The fraction of sp³-hybridized carbons (Fsp3) is 0.667. The molecule has 1 aliphatic rings. The van der Waals surface area contributed by atoms with Gasteiger partial charge in [0.05, 0.1) is 0 Å². The predicted octanol–water partition coefficient (Wildman–Crippen LogP) is 3.77. The number of hydrogen-bond donors (Lipinski definition) is 1. The van der Waals surface area contributed by atoms with Gasteiger partial charge in [0.15, 0.2) is 0 Å². The zero-order chi connectivity index (χ0) is 14.5. The van der Waals surface area contributed by atoms with Gasteiger partial charge in [0.25, 0.3) is 0 Å². The zero-order valence-electron chi connectivity index (χ0n) is 13.5. The van der Waals surface area contributed by atoms with E-state index < -0.39 is 0 Å². The summed E-state index contributed by atoms with van der Waals surface area (Å²) in [6, 6.07) is 9.87. The Labute approximate surface area is 124 Å². The summed E-state index contributed by atoms with van der Waals surface area (Å²) in [5.41, 5.74) is 2.72. The zero-order valence-corrected chi connectivity index (χ0v) is 13.5. The smallest absolute Gasteiger partial charge is 0.0472 e. The fourth-order valence-electron chi connectivity index (χ4n) is 3.48. The average molecular weight is 274 g/mol. The van der Waals surface area contributed by atoms with Crippen LogP contribution in [0.5, 0.6) is 0 Å². The molecule has 1 aromatic carbocycles. The highest BCUT2D eigenvalue weighted by Crippen LogP contribution is 2.27. The van der Waals surface area contributed by atoms with Crippen molar-refractivity contribution in [3.05, 3.63) is 35.4 Å². The van der Waals surface area contributed by atoms with Crippen molar-refractivity contribution in [3.8, 4) is 0 Å². The molecule has 2 unspecified atom stereocenters. The highest BCUT2D eigenvalue weighted by molar-refractivity contribution is 5.25. The van der Waals surface area contributed by atoms with E-state index >= 15 is 0 Å². The first-order valence-electron chi connectivity index (χ1n) is 8.06. The number of nitrogens with one attached hydrogen (secondary N) is 1. The number of benzene rings is 1. The van der Waals surface area contributed by atoms with Crippen LogP contribution >= 0.6 is 0 Å². The van der Waals surface area contributed by atoms with Crippen molar-refractivity contribution >= 4 is 0 Å². The van der Waals surface area contributed by atoms with E-state index in [1.807, 2.05) is 0 Å². The first-order chi connectivity index (χ1) is 9.61. The van der Waals surface area contributed by atoms with Gasteiger partial charge >= 0.3 is 0 Å². The van der Waals surface area contributed by atoms with E-state index in [-0.39, 0.29) is 0 Å². The highest BCUT2D eigenvalue weighted by Gasteiger charge is 2.24. The molecule has 0 amide bonds. The van der Waals surface area contributed by atoms with Gasteiger partial charge in [-0.25, -0.2) is 0 Å². The van der Waals surface area contributed by atoms with E-state index in [1.165, 1.54) is 43.4 Å². The minimum atomic E-state index is 0.405. The molecule has 0 spiro atoms. The summed E-state index contributed by atoms with van der Waals surface area (Å²) in [6.07, 6.45) is 5.71. The second kappa shape index (κ2) is 7.24. The van der Waals surface area contributed by atoms with Crippen LogP contribution in [-0.2, 0) is 0 Å². The Morgan fingerprint density at radius 2 is 1.80 bits per heavy atom. The maximum Gasteiger partial charge on any atom is 0.0472 e. The summed E-state index contributed by atoms with van der Waals surface area (Å²) in [5, 5.41) is 3.50. The summed E-state index contributed by atoms with van der Waals surface area (Å²) in [6.45, 7) is 5.73. The molecule has 1 aliphatic carbocycles. The Bertz CT molecular complexity index is 392.